The van der Waals surface area contributed by atoms with Crippen molar-refractivity contribution in [1.29, 1.82) is 5.26 Å². The highest BCUT2D eigenvalue weighted by atomic mass is 79.9. The SMILES string of the molecule is Cc1cccc(OCCNc2ccc(C#N)c(Br)c2F)c1. The average molecular weight is 349 g/mol. The van der Waals surface area contributed by atoms with Gasteiger partial charge in [0.25, 0.3) is 0 Å². The van der Waals surface area contributed by atoms with Crippen molar-refractivity contribution >= 4 is 21.6 Å². The summed E-state index contributed by atoms with van der Waals surface area (Å²) in [6.07, 6.45) is 0. The third-order valence-electron chi connectivity index (χ3n) is 2.88. The molecule has 0 unspecified atom stereocenters. The topological polar surface area (TPSA) is 45.0 Å². The van der Waals surface area contributed by atoms with Crippen molar-refractivity contribution in [3.05, 3.63) is 57.8 Å². The number of nitrogens with one attached hydrogen (secondary N) is 1. The second kappa shape index (κ2) is 7.09. The van der Waals surface area contributed by atoms with Gasteiger partial charge < -0.3 is 10.1 Å². The second-order valence-electron chi connectivity index (χ2n) is 4.49. The lowest BCUT2D eigenvalue weighted by Gasteiger charge is -2.11. The molecule has 0 fully saturated rings. The quantitative estimate of drug-likeness (QED) is 0.821. The van der Waals surface area contributed by atoms with Gasteiger partial charge in [0.1, 0.15) is 18.4 Å². The Kier molecular flexibility index (Phi) is 5.18. The summed E-state index contributed by atoms with van der Waals surface area (Å²) in [6, 6.07) is 12.8. The van der Waals surface area contributed by atoms with E-state index in [9.17, 15) is 4.39 Å². The molecule has 5 heteroatoms. The average Bonchev–Trinajstić information content (AvgIpc) is 2.48. The van der Waals surface area contributed by atoms with Gasteiger partial charge in [0.05, 0.1) is 15.7 Å². The van der Waals surface area contributed by atoms with Crippen molar-refractivity contribution in [2.75, 3.05) is 18.5 Å². The summed E-state index contributed by atoms with van der Waals surface area (Å²) < 4.78 is 19.7. The van der Waals surface area contributed by atoms with Gasteiger partial charge >= 0.3 is 0 Å². The first-order valence-corrected chi connectivity index (χ1v) is 7.22. The molecule has 0 aliphatic rings. The number of nitrogens with zero attached hydrogens (tertiary/aromatic N) is 1. The summed E-state index contributed by atoms with van der Waals surface area (Å²) in [5.74, 6) is 0.322. The minimum absolute atomic E-state index is 0.176. The number of rotatable bonds is 5. The maximum Gasteiger partial charge on any atom is 0.161 e. The van der Waals surface area contributed by atoms with Gasteiger partial charge in [-0.25, -0.2) is 4.39 Å². The van der Waals surface area contributed by atoms with E-state index < -0.39 is 5.82 Å². The molecule has 1 N–H and O–H groups in total. The molecule has 0 spiro atoms. The predicted molar refractivity (Wildman–Crippen MR) is 84.0 cm³/mol. The maximum atomic E-state index is 14.0. The molecule has 108 valence electrons. The number of aryl methyl sites for hydroxylation is 1. The molecule has 0 saturated carbocycles. The predicted octanol–water partition coefficient (Wildman–Crippen LogP) is 4.26. The van der Waals surface area contributed by atoms with E-state index in [1.54, 1.807) is 12.1 Å². The third kappa shape index (κ3) is 3.96. The number of halogens is 2. The van der Waals surface area contributed by atoms with E-state index in [-0.39, 0.29) is 10.0 Å². The smallest absolute Gasteiger partial charge is 0.161 e. The van der Waals surface area contributed by atoms with Crippen LogP contribution in [0.2, 0.25) is 0 Å². The maximum absolute atomic E-state index is 14.0. The summed E-state index contributed by atoms with van der Waals surface area (Å²) in [6.45, 7) is 2.87. The van der Waals surface area contributed by atoms with Gasteiger partial charge in [-0.15, -0.1) is 0 Å². The summed E-state index contributed by atoms with van der Waals surface area (Å²) in [4.78, 5) is 0. The van der Waals surface area contributed by atoms with E-state index in [4.69, 9.17) is 10.00 Å². The molecule has 0 heterocycles. The van der Waals surface area contributed by atoms with Crippen molar-refractivity contribution in [2.24, 2.45) is 0 Å². The first kappa shape index (κ1) is 15.3. The van der Waals surface area contributed by atoms with Crippen molar-refractivity contribution in [3.63, 3.8) is 0 Å². The van der Waals surface area contributed by atoms with E-state index in [0.717, 1.165) is 11.3 Å². The zero-order valence-electron chi connectivity index (χ0n) is 11.5. The van der Waals surface area contributed by atoms with Crippen molar-refractivity contribution in [3.8, 4) is 11.8 Å². The number of hydrogen-bond acceptors (Lipinski definition) is 3. The van der Waals surface area contributed by atoms with Gasteiger partial charge in [-0.3, -0.25) is 0 Å². The summed E-state index contributed by atoms with van der Waals surface area (Å²) in [5, 5.41) is 11.8. The van der Waals surface area contributed by atoms with Crippen LogP contribution in [0.5, 0.6) is 5.75 Å². The van der Waals surface area contributed by atoms with Gasteiger partial charge in [0.2, 0.25) is 0 Å². The first-order chi connectivity index (χ1) is 10.1. The van der Waals surface area contributed by atoms with Crippen LogP contribution in [-0.2, 0) is 0 Å². The van der Waals surface area contributed by atoms with Crippen LogP contribution in [0.4, 0.5) is 10.1 Å². The molecule has 2 aromatic carbocycles. The fourth-order valence-corrected chi connectivity index (χ4v) is 2.27. The molecule has 3 nitrogen and oxygen atoms in total. The standard InChI is InChI=1S/C16H14BrFN2O/c1-11-3-2-4-13(9-11)21-8-7-20-14-6-5-12(10-19)15(17)16(14)18/h2-6,9,20H,7-8H2,1H3. The highest BCUT2D eigenvalue weighted by Gasteiger charge is 2.10. The second-order valence-corrected chi connectivity index (χ2v) is 5.29. The third-order valence-corrected chi connectivity index (χ3v) is 3.65. The van der Waals surface area contributed by atoms with Crippen LogP contribution < -0.4 is 10.1 Å². The Bertz CT molecular complexity index is 682. The van der Waals surface area contributed by atoms with Crippen LogP contribution in [0.15, 0.2) is 40.9 Å². The molecule has 0 aromatic heterocycles. The Morgan fingerprint density at radius 2 is 2.14 bits per heavy atom. The van der Waals surface area contributed by atoms with Gasteiger partial charge in [0.15, 0.2) is 5.82 Å². The van der Waals surface area contributed by atoms with E-state index in [1.807, 2.05) is 37.3 Å². The summed E-state index contributed by atoms with van der Waals surface area (Å²) >= 11 is 3.08. The number of anilines is 1. The Morgan fingerprint density at radius 3 is 2.86 bits per heavy atom. The molecule has 21 heavy (non-hydrogen) atoms. The van der Waals surface area contributed by atoms with E-state index in [0.29, 0.717) is 18.8 Å². The lowest BCUT2D eigenvalue weighted by Crippen LogP contribution is -2.12. The first-order valence-electron chi connectivity index (χ1n) is 6.43. The summed E-state index contributed by atoms with van der Waals surface area (Å²) in [7, 11) is 0. The van der Waals surface area contributed by atoms with Gasteiger partial charge in [-0.05, 0) is 52.7 Å². The van der Waals surface area contributed by atoms with Crippen LogP contribution >= 0.6 is 15.9 Å². The van der Waals surface area contributed by atoms with Crippen molar-refractivity contribution < 1.29 is 9.13 Å². The van der Waals surface area contributed by atoms with Crippen LogP contribution in [0.1, 0.15) is 11.1 Å². The molecular weight excluding hydrogens is 335 g/mol. The minimum Gasteiger partial charge on any atom is -0.492 e. The molecule has 2 rings (SSSR count). The molecule has 0 aliphatic carbocycles. The van der Waals surface area contributed by atoms with Gasteiger partial charge in [-0.2, -0.15) is 5.26 Å². The Hall–Kier alpha value is -2.06. The number of benzene rings is 2. The molecule has 0 radical (unpaired) electrons. The normalized spacial score (nSPS) is 10.0. The molecule has 0 saturated heterocycles. The Morgan fingerprint density at radius 1 is 1.33 bits per heavy atom. The fourth-order valence-electron chi connectivity index (χ4n) is 1.83. The van der Waals surface area contributed by atoms with E-state index in [1.165, 1.54) is 0 Å². The van der Waals surface area contributed by atoms with Crippen LogP contribution in [-0.4, -0.2) is 13.2 Å². The van der Waals surface area contributed by atoms with E-state index in [2.05, 4.69) is 21.2 Å². The fraction of sp³-hybridized carbons (Fsp3) is 0.188. The van der Waals surface area contributed by atoms with Gasteiger partial charge in [0, 0.05) is 6.54 Å². The monoisotopic (exact) mass is 348 g/mol. The lowest BCUT2D eigenvalue weighted by atomic mass is 10.2. The molecule has 0 atom stereocenters. The minimum atomic E-state index is -0.468. The van der Waals surface area contributed by atoms with Crippen molar-refractivity contribution in [2.45, 2.75) is 6.92 Å². The molecular formula is C16H14BrFN2O. The Balaban J connectivity index is 1.90. The number of ether oxygens (including phenoxy) is 1. The van der Waals surface area contributed by atoms with E-state index >= 15 is 0 Å². The highest BCUT2D eigenvalue weighted by Crippen LogP contribution is 2.26. The zero-order chi connectivity index (χ0) is 15.2. The summed E-state index contributed by atoms with van der Waals surface area (Å²) in [5.41, 5.74) is 1.74. The van der Waals surface area contributed by atoms with Crippen LogP contribution in [0.25, 0.3) is 0 Å². The van der Waals surface area contributed by atoms with Crippen LogP contribution in [0.3, 0.4) is 0 Å². The highest BCUT2D eigenvalue weighted by molar-refractivity contribution is 9.10. The Labute approximate surface area is 131 Å². The number of nitriles is 1. The molecule has 2 aromatic rings. The van der Waals surface area contributed by atoms with Gasteiger partial charge in [-0.1, -0.05) is 12.1 Å². The molecule has 0 amide bonds. The molecule has 0 aliphatic heterocycles. The van der Waals surface area contributed by atoms with Crippen LogP contribution in [0, 0.1) is 24.1 Å². The lowest BCUT2D eigenvalue weighted by molar-refractivity contribution is 0.332. The molecule has 0 bridgehead atoms. The zero-order valence-corrected chi connectivity index (χ0v) is 13.1. The largest absolute Gasteiger partial charge is 0.492 e. The number of hydrogen-bond donors (Lipinski definition) is 1. The van der Waals surface area contributed by atoms with Crippen molar-refractivity contribution in [1.82, 2.24) is 0 Å².